The number of methoxy groups -OCH3 is 1. The number of ether oxygens (including phenoxy) is 2. The number of thioether (sulfide) groups is 1. The number of halogens is 2. The summed E-state index contributed by atoms with van der Waals surface area (Å²) in [7, 11) is 1.53. The van der Waals surface area contributed by atoms with E-state index in [0.29, 0.717) is 39.0 Å². The molecule has 0 spiro atoms. The zero-order chi connectivity index (χ0) is 24.8. The van der Waals surface area contributed by atoms with Crippen LogP contribution in [0.25, 0.3) is 17.5 Å². The number of H-pyrrole nitrogens is 1. The van der Waals surface area contributed by atoms with Gasteiger partial charge in [-0.05, 0) is 65.4 Å². The van der Waals surface area contributed by atoms with Crippen LogP contribution in [0, 0.1) is 0 Å². The Labute approximate surface area is 219 Å². The summed E-state index contributed by atoms with van der Waals surface area (Å²) in [4.78, 5) is 16.4. The lowest BCUT2D eigenvalue weighted by Gasteiger charge is -2.13. The van der Waals surface area contributed by atoms with E-state index in [1.807, 2.05) is 30.3 Å². The van der Waals surface area contributed by atoms with Gasteiger partial charge in [-0.3, -0.25) is 5.10 Å². The second-order valence-electron chi connectivity index (χ2n) is 7.19. The molecular formula is C25H19BrClN3O4S. The SMILES string of the molecule is COc1cc(/C=C(\Sc2n[nH]c(-c3ccc(Cl)cc3)n2)C(=O)O)c(Br)cc1OCc1ccccc1. The Bertz CT molecular complexity index is 1360. The van der Waals surface area contributed by atoms with Gasteiger partial charge in [0.15, 0.2) is 17.3 Å². The molecule has 4 rings (SSSR count). The Morgan fingerprint density at radius 3 is 2.57 bits per heavy atom. The summed E-state index contributed by atoms with van der Waals surface area (Å²) in [6.45, 7) is 0.371. The van der Waals surface area contributed by atoms with Gasteiger partial charge >= 0.3 is 5.97 Å². The van der Waals surface area contributed by atoms with Crippen LogP contribution in [0.3, 0.4) is 0 Å². The Morgan fingerprint density at radius 2 is 1.89 bits per heavy atom. The topological polar surface area (TPSA) is 97.3 Å². The zero-order valence-electron chi connectivity index (χ0n) is 18.4. The van der Waals surface area contributed by atoms with Crippen molar-refractivity contribution in [3.8, 4) is 22.9 Å². The van der Waals surface area contributed by atoms with Gasteiger partial charge in [0.25, 0.3) is 0 Å². The lowest BCUT2D eigenvalue weighted by Crippen LogP contribution is -2.00. The number of carbonyl (C=O) groups is 1. The van der Waals surface area contributed by atoms with Gasteiger partial charge in [-0.1, -0.05) is 57.9 Å². The van der Waals surface area contributed by atoms with Crippen LogP contribution in [0.2, 0.25) is 5.02 Å². The standard InChI is InChI=1S/C25H19BrClN3O4S/c1-33-20-11-17(19(26)13-21(20)34-14-15-5-3-2-4-6-15)12-22(24(31)32)35-25-28-23(29-30-25)16-7-9-18(27)10-8-16/h2-13H,14H2,1H3,(H,31,32)(H,28,29,30)/b22-12-. The molecule has 0 radical (unpaired) electrons. The van der Waals surface area contributed by atoms with Crippen molar-refractivity contribution in [2.45, 2.75) is 11.8 Å². The number of aromatic amines is 1. The molecule has 7 nitrogen and oxygen atoms in total. The maximum atomic E-state index is 12.0. The molecule has 3 aromatic carbocycles. The van der Waals surface area contributed by atoms with Crippen molar-refractivity contribution in [2.24, 2.45) is 0 Å². The summed E-state index contributed by atoms with van der Waals surface area (Å²) in [5.41, 5.74) is 2.41. The molecule has 2 N–H and O–H groups in total. The molecule has 0 saturated carbocycles. The second kappa shape index (κ2) is 11.4. The fourth-order valence-corrected chi connectivity index (χ4v) is 4.33. The second-order valence-corrected chi connectivity index (χ2v) is 9.49. The van der Waals surface area contributed by atoms with Crippen LogP contribution in [0.5, 0.6) is 11.5 Å². The summed E-state index contributed by atoms with van der Waals surface area (Å²) in [5.74, 6) is 0.416. The molecule has 178 valence electrons. The van der Waals surface area contributed by atoms with Crippen LogP contribution in [0.15, 0.2) is 81.3 Å². The van der Waals surface area contributed by atoms with Crippen LogP contribution in [-0.2, 0) is 11.4 Å². The number of nitrogens with zero attached hydrogens (tertiary/aromatic N) is 2. The molecule has 0 atom stereocenters. The van der Waals surface area contributed by atoms with E-state index in [1.54, 1.807) is 36.4 Å². The first-order valence-electron chi connectivity index (χ1n) is 10.3. The fraction of sp³-hybridized carbons (Fsp3) is 0.0800. The zero-order valence-corrected chi connectivity index (χ0v) is 21.5. The highest BCUT2D eigenvalue weighted by molar-refractivity contribution is 9.10. The number of carboxylic acid groups (broad SMARTS) is 1. The minimum Gasteiger partial charge on any atom is -0.493 e. The van der Waals surface area contributed by atoms with Crippen molar-refractivity contribution in [3.05, 3.63) is 92.3 Å². The summed E-state index contributed by atoms with van der Waals surface area (Å²) in [6, 6.07) is 20.3. The third-order valence-electron chi connectivity index (χ3n) is 4.80. The molecule has 0 aliphatic carbocycles. The Morgan fingerprint density at radius 1 is 1.14 bits per heavy atom. The van der Waals surface area contributed by atoms with Crippen LogP contribution >= 0.6 is 39.3 Å². The molecule has 0 aliphatic rings. The highest BCUT2D eigenvalue weighted by atomic mass is 79.9. The van der Waals surface area contributed by atoms with E-state index in [1.165, 1.54) is 13.2 Å². The average Bonchev–Trinajstić information content (AvgIpc) is 3.33. The maximum Gasteiger partial charge on any atom is 0.342 e. The molecule has 0 bridgehead atoms. The van der Waals surface area contributed by atoms with Gasteiger partial charge in [-0.25, -0.2) is 9.78 Å². The molecule has 0 saturated heterocycles. The monoisotopic (exact) mass is 571 g/mol. The average molecular weight is 573 g/mol. The first-order valence-corrected chi connectivity index (χ1v) is 12.3. The Kier molecular flexibility index (Phi) is 8.12. The van der Waals surface area contributed by atoms with E-state index < -0.39 is 5.97 Å². The van der Waals surface area contributed by atoms with Crippen LogP contribution < -0.4 is 9.47 Å². The summed E-state index contributed by atoms with van der Waals surface area (Å²) >= 11 is 10.4. The molecule has 0 unspecified atom stereocenters. The van der Waals surface area contributed by atoms with E-state index in [2.05, 4.69) is 31.1 Å². The fourth-order valence-electron chi connectivity index (χ4n) is 3.07. The van der Waals surface area contributed by atoms with E-state index in [0.717, 1.165) is 22.9 Å². The number of rotatable bonds is 9. The molecule has 10 heteroatoms. The summed E-state index contributed by atoms with van der Waals surface area (Å²) < 4.78 is 12.1. The van der Waals surface area contributed by atoms with Crippen molar-refractivity contribution < 1.29 is 19.4 Å². The van der Waals surface area contributed by atoms with Crippen molar-refractivity contribution in [3.63, 3.8) is 0 Å². The molecule has 1 aromatic heterocycles. The van der Waals surface area contributed by atoms with E-state index in [-0.39, 0.29) is 10.1 Å². The largest absolute Gasteiger partial charge is 0.493 e. The quantitative estimate of drug-likeness (QED) is 0.170. The molecule has 0 fully saturated rings. The van der Waals surface area contributed by atoms with E-state index >= 15 is 0 Å². The number of aliphatic carboxylic acids is 1. The first-order chi connectivity index (χ1) is 16.9. The van der Waals surface area contributed by atoms with Gasteiger partial charge in [0, 0.05) is 15.1 Å². The van der Waals surface area contributed by atoms with Crippen molar-refractivity contribution >= 4 is 51.3 Å². The predicted octanol–water partition coefficient (Wildman–Crippen LogP) is 6.69. The minimum absolute atomic E-state index is 0.0346. The van der Waals surface area contributed by atoms with Crippen molar-refractivity contribution in [1.29, 1.82) is 0 Å². The summed E-state index contributed by atoms with van der Waals surface area (Å²) in [6.07, 6.45) is 1.53. The van der Waals surface area contributed by atoms with Crippen LogP contribution in [0.1, 0.15) is 11.1 Å². The van der Waals surface area contributed by atoms with E-state index in [9.17, 15) is 9.90 Å². The molecular weight excluding hydrogens is 554 g/mol. The number of hydrogen-bond acceptors (Lipinski definition) is 6. The molecule has 0 aliphatic heterocycles. The molecule has 0 amide bonds. The van der Waals surface area contributed by atoms with E-state index in [4.69, 9.17) is 21.1 Å². The van der Waals surface area contributed by atoms with Crippen LogP contribution in [-0.4, -0.2) is 33.4 Å². The lowest BCUT2D eigenvalue weighted by atomic mass is 10.2. The summed E-state index contributed by atoms with van der Waals surface area (Å²) in [5, 5.41) is 17.6. The molecule has 1 heterocycles. The van der Waals surface area contributed by atoms with Gasteiger partial charge in [-0.15, -0.1) is 5.10 Å². The maximum absolute atomic E-state index is 12.0. The Balaban J connectivity index is 1.56. The number of nitrogens with one attached hydrogen (secondary N) is 1. The predicted molar refractivity (Wildman–Crippen MR) is 140 cm³/mol. The van der Waals surface area contributed by atoms with Gasteiger partial charge in [0.1, 0.15) is 11.5 Å². The van der Waals surface area contributed by atoms with Gasteiger partial charge in [-0.2, -0.15) is 0 Å². The molecule has 4 aromatic rings. The molecule has 35 heavy (non-hydrogen) atoms. The lowest BCUT2D eigenvalue weighted by molar-refractivity contribution is -0.131. The van der Waals surface area contributed by atoms with Crippen molar-refractivity contribution in [1.82, 2.24) is 15.2 Å². The van der Waals surface area contributed by atoms with Gasteiger partial charge in [0.2, 0.25) is 5.16 Å². The Hall–Kier alpha value is -3.27. The van der Waals surface area contributed by atoms with Crippen molar-refractivity contribution in [2.75, 3.05) is 7.11 Å². The third kappa shape index (κ3) is 6.45. The van der Waals surface area contributed by atoms with Gasteiger partial charge < -0.3 is 14.6 Å². The smallest absolute Gasteiger partial charge is 0.342 e. The number of aromatic nitrogens is 3. The van der Waals surface area contributed by atoms with Gasteiger partial charge in [0.05, 0.1) is 7.11 Å². The number of benzene rings is 3. The first kappa shape index (κ1) is 24.8. The highest BCUT2D eigenvalue weighted by Crippen LogP contribution is 2.37. The minimum atomic E-state index is -1.11. The third-order valence-corrected chi connectivity index (χ3v) is 6.62. The van der Waals surface area contributed by atoms with Crippen LogP contribution in [0.4, 0.5) is 0 Å². The number of hydrogen-bond donors (Lipinski definition) is 2. The highest BCUT2D eigenvalue weighted by Gasteiger charge is 2.17. The normalized spacial score (nSPS) is 11.3. The number of carboxylic acids is 1.